The number of rotatable bonds is 7. The molecule has 0 unspecified atom stereocenters. The van der Waals surface area contributed by atoms with E-state index >= 15 is 0 Å². The Labute approximate surface area is 194 Å². The molecule has 0 aliphatic carbocycles. The number of hydrogen-bond acceptors (Lipinski definition) is 6. The number of ether oxygens (including phenoxy) is 1. The van der Waals surface area contributed by atoms with Gasteiger partial charge in [-0.1, -0.05) is 43.3 Å². The molecule has 1 amide bonds. The van der Waals surface area contributed by atoms with Gasteiger partial charge in [-0.15, -0.1) is 11.3 Å². The van der Waals surface area contributed by atoms with Crippen molar-refractivity contribution in [1.82, 2.24) is 9.55 Å². The Kier molecular flexibility index (Phi) is 6.65. The molecule has 0 spiro atoms. The SMILES string of the molecule is CCCOC(=O)c1cccc(NC(=O)c2sc3ncn(Cc4ccccc4)c(=O)c3c2C)c1. The van der Waals surface area contributed by atoms with Crippen molar-refractivity contribution in [1.29, 1.82) is 0 Å². The molecule has 4 rings (SSSR count). The van der Waals surface area contributed by atoms with Crippen LogP contribution in [0.3, 0.4) is 0 Å². The van der Waals surface area contributed by atoms with Gasteiger partial charge in [-0.25, -0.2) is 9.78 Å². The number of anilines is 1. The van der Waals surface area contributed by atoms with Gasteiger partial charge in [-0.3, -0.25) is 14.2 Å². The normalized spacial score (nSPS) is 10.8. The number of nitrogens with zero attached hydrogens (tertiary/aromatic N) is 2. The average molecular weight is 462 g/mol. The van der Waals surface area contributed by atoms with Gasteiger partial charge in [0.15, 0.2) is 0 Å². The molecule has 4 aromatic rings. The summed E-state index contributed by atoms with van der Waals surface area (Å²) in [6.07, 6.45) is 2.25. The van der Waals surface area contributed by atoms with Gasteiger partial charge in [0.25, 0.3) is 11.5 Å². The monoisotopic (exact) mass is 461 g/mol. The smallest absolute Gasteiger partial charge is 0.338 e. The first-order valence-electron chi connectivity index (χ1n) is 10.6. The number of aromatic nitrogens is 2. The van der Waals surface area contributed by atoms with E-state index in [2.05, 4.69) is 10.3 Å². The molecule has 2 aromatic heterocycles. The van der Waals surface area contributed by atoms with Crippen LogP contribution in [0.15, 0.2) is 65.7 Å². The van der Waals surface area contributed by atoms with E-state index < -0.39 is 5.97 Å². The van der Waals surface area contributed by atoms with Crippen LogP contribution in [-0.4, -0.2) is 28.0 Å². The Bertz CT molecular complexity index is 1380. The number of fused-ring (bicyclic) bond motifs is 1. The third-order valence-corrected chi connectivity index (χ3v) is 6.31. The summed E-state index contributed by atoms with van der Waals surface area (Å²) in [5.41, 5.74) is 2.23. The number of carbonyl (C=O) groups excluding carboxylic acids is 2. The standard InChI is InChI=1S/C25H23N3O4S/c1-3-12-32-25(31)18-10-7-11-19(13-18)27-22(29)21-16(2)20-23(33-21)26-15-28(24(20)30)14-17-8-5-4-6-9-17/h4-11,13,15H,3,12,14H2,1-2H3,(H,27,29). The lowest BCUT2D eigenvalue weighted by molar-refractivity contribution is 0.0505. The van der Waals surface area contributed by atoms with E-state index in [-0.39, 0.29) is 11.5 Å². The molecule has 168 valence electrons. The molecule has 7 nitrogen and oxygen atoms in total. The highest BCUT2D eigenvalue weighted by Gasteiger charge is 2.20. The summed E-state index contributed by atoms with van der Waals surface area (Å²) < 4.78 is 6.70. The molecule has 0 bridgehead atoms. The second-order valence-electron chi connectivity index (χ2n) is 7.57. The molecular formula is C25H23N3O4S. The van der Waals surface area contributed by atoms with Gasteiger partial charge in [-0.2, -0.15) is 0 Å². The minimum atomic E-state index is -0.436. The van der Waals surface area contributed by atoms with E-state index in [0.717, 1.165) is 12.0 Å². The predicted octanol–water partition coefficient (Wildman–Crippen LogP) is 4.63. The highest BCUT2D eigenvalue weighted by atomic mass is 32.1. The highest BCUT2D eigenvalue weighted by Crippen LogP contribution is 2.28. The number of nitrogens with one attached hydrogen (secondary N) is 1. The zero-order valence-corrected chi connectivity index (χ0v) is 19.1. The fourth-order valence-electron chi connectivity index (χ4n) is 3.46. The Morgan fingerprint density at radius 2 is 1.91 bits per heavy atom. The molecule has 8 heteroatoms. The number of amides is 1. The van der Waals surface area contributed by atoms with Crippen molar-refractivity contribution >= 4 is 39.1 Å². The summed E-state index contributed by atoms with van der Waals surface area (Å²) in [5.74, 6) is -0.794. The maximum Gasteiger partial charge on any atom is 0.338 e. The van der Waals surface area contributed by atoms with E-state index in [1.807, 2.05) is 37.3 Å². The number of esters is 1. The van der Waals surface area contributed by atoms with Crippen molar-refractivity contribution in [3.8, 4) is 0 Å². The number of hydrogen-bond donors (Lipinski definition) is 1. The van der Waals surface area contributed by atoms with Crippen molar-refractivity contribution in [2.75, 3.05) is 11.9 Å². The Morgan fingerprint density at radius 3 is 2.67 bits per heavy atom. The number of aryl methyl sites for hydroxylation is 1. The van der Waals surface area contributed by atoms with Crippen molar-refractivity contribution in [3.05, 3.63) is 92.8 Å². The Balaban J connectivity index is 1.59. The lowest BCUT2D eigenvalue weighted by atomic mass is 10.1. The first kappa shape index (κ1) is 22.4. The van der Waals surface area contributed by atoms with Crippen molar-refractivity contribution in [2.45, 2.75) is 26.8 Å². The van der Waals surface area contributed by atoms with Crippen LogP contribution in [-0.2, 0) is 11.3 Å². The first-order chi connectivity index (χ1) is 16.0. The minimum Gasteiger partial charge on any atom is -0.462 e. The fraction of sp³-hybridized carbons (Fsp3) is 0.200. The van der Waals surface area contributed by atoms with E-state index in [0.29, 0.717) is 45.1 Å². The Morgan fingerprint density at radius 1 is 1.12 bits per heavy atom. The van der Waals surface area contributed by atoms with Gasteiger partial charge >= 0.3 is 5.97 Å². The van der Waals surface area contributed by atoms with Crippen LogP contribution in [0.25, 0.3) is 10.2 Å². The second kappa shape index (κ2) is 9.79. The zero-order valence-electron chi connectivity index (χ0n) is 18.3. The fourth-order valence-corrected chi connectivity index (χ4v) is 4.49. The summed E-state index contributed by atoms with van der Waals surface area (Å²) in [6, 6.07) is 16.2. The van der Waals surface area contributed by atoms with Crippen LogP contribution in [0.2, 0.25) is 0 Å². The number of carbonyl (C=O) groups is 2. The summed E-state index contributed by atoms with van der Waals surface area (Å²) >= 11 is 1.17. The van der Waals surface area contributed by atoms with Crippen LogP contribution >= 0.6 is 11.3 Å². The molecule has 2 heterocycles. The van der Waals surface area contributed by atoms with Gasteiger partial charge in [0.05, 0.1) is 35.3 Å². The summed E-state index contributed by atoms with van der Waals surface area (Å²) in [6.45, 7) is 4.41. The van der Waals surface area contributed by atoms with Crippen molar-refractivity contribution in [3.63, 3.8) is 0 Å². The Hall–Kier alpha value is -3.78. The molecule has 2 aromatic carbocycles. The second-order valence-corrected chi connectivity index (χ2v) is 8.57. The van der Waals surface area contributed by atoms with Crippen LogP contribution in [0.5, 0.6) is 0 Å². The largest absolute Gasteiger partial charge is 0.462 e. The van der Waals surface area contributed by atoms with Gasteiger partial charge in [-0.05, 0) is 42.7 Å². The maximum absolute atomic E-state index is 13.1. The molecule has 33 heavy (non-hydrogen) atoms. The third-order valence-electron chi connectivity index (χ3n) is 5.11. The van der Waals surface area contributed by atoms with Crippen molar-refractivity contribution in [2.24, 2.45) is 0 Å². The quantitative estimate of drug-likeness (QED) is 0.405. The molecule has 0 aliphatic rings. The zero-order chi connectivity index (χ0) is 23.4. The highest BCUT2D eigenvalue weighted by molar-refractivity contribution is 7.20. The molecule has 0 saturated carbocycles. The van der Waals surface area contributed by atoms with E-state index in [9.17, 15) is 14.4 Å². The molecule has 0 radical (unpaired) electrons. The minimum absolute atomic E-state index is 0.183. The van der Waals surface area contributed by atoms with Gasteiger partial charge < -0.3 is 10.1 Å². The first-order valence-corrected chi connectivity index (χ1v) is 11.4. The van der Waals surface area contributed by atoms with E-state index in [4.69, 9.17) is 4.74 Å². The van der Waals surface area contributed by atoms with Crippen molar-refractivity contribution < 1.29 is 14.3 Å². The van der Waals surface area contributed by atoms with Crippen LogP contribution in [0.4, 0.5) is 5.69 Å². The lowest BCUT2D eigenvalue weighted by Gasteiger charge is -2.07. The molecular weight excluding hydrogens is 438 g/mol. The lowest BCUT2D eigenvalue weighted by Crippen LogP contribution is -2.21. The molecule has 1 N–H and O–H groups in total. The summed E-state index contributed by atoms with van der Waals surface area (Å²) in [4.78, 5) is 43.5. The van der Waals surface area contributed by atoms with Gasteiger partial charge in [0.1, 0.15) is 4.83 Å². The molecule has 0 saturated heterocycles. The average Bonchev–Trinajstić information content (AvgIpc) is 3.17. The summed E-state index contributed by atoms with van der Waals surface area (Å²) in [7, 11) is 0. The molecule has 0 aliphatic heterocycles. The van der Waals surface area contributed by atoms with Crippen LogP contribution in [0.1, 0.15) is 44.5 Å². The summed E-state index contributed by atoms with van der Waals surface area (Å²) in [5, 5.41) is 3.26. The van der Waals surface area contributed by atoms with Gasteiger partial charge in [0, 0.05) is 5.69 Å². The van der Waals surface area contributed by atoms with Crippen LogP contribution in [0, 0.1) is 6.92 Å². The number of benzene rings is 2. The molecule has 0 atom stereocenters. The topological polar surface area (TPSA) is 90.3 Å². The maximum atomic E-state index is 13.1. The van der Waals surface area contributed by atoms with E-state index in [1.165, 1.54) is 17.7 Å². The third kappa shape index (κ3) is 4.85. The van der Waals surface area contributed by atoms with Gasteiger partial charge in [0.2, 0.25) is 0 Å². The predicted molar refractivity (Wildman–Crippen MR) is 129 cm³/mol. The molecule has 0 fully saturated rings. The van der Waals surface area contributed by atoms with Crippen LogP contribution < -0.4 is 10.9 Å². The number of thiophene rings is 1. The van der Waals surface area contributed by atoms with E-state index in [1.54, 1.807) is 35.8 Å².